The molecule has 270 valence electrons. The average Bonchev–Trinajstić information content (AvgIpc) is 3.70. The van der Waals surface area contributed by atoms with Crippen molar-refractivity contribution in [3.8, 4) is 0 Å². The maximum Gasteiger partial charge on any atom is 0.261 e. The Balaban J connectivity index is 1.09. The molecule has 6 rings (SSSR count). The third kappa shape index (κ3) is 8.14. The van der Waals surface area contributed by atoms with E-state index >= 15 is 0 Å². The Hall–Kier alpha value is -4.79. The highest BCUT2D eigenvalue weighted by Gasteiger charge is 2.50. The maximum atomic E-state index is 13.1. The number of fused-ring (bicyclic) bond motifs is 1. The van der Waals surface area contributed by atoms with Crippen LogP contribution in [0.3, 0.4) is 0 Å². The molecule has 0 radical (unpaired) electrons. The van der Waals surface area contributed by atoms with Gasteiger partial charge in [0.1, 0.15) is 5.78 Å². The third-order valence-corrected chi connectivity index (χ3v) is 15.0. The Kier molecular flexibility index (Phi) is 11.0. The van der Waals surface area contributed by atoms with Crippen molar-refractivity contribution in [1.82, 2.24) is 19.6 Å². The first-order valence-electron chi connectivity index (χ1n) is 18.5. The van der Waals surface area contributed by atoms with Gasteiger partial charge in [-0.05, 0) is 64.1 Å². The first-order chi connectivity index (χ1) is 24.8. The number of aryl methyl sites for hydroxylation is 3. The minimum atomic E-state index is -2.57. The SMILES string of the molecule is Cn1nc(C(C)(C)C)cc1CC(=O)CCc1ccccc1Nc1ccc2c(cnn2CCCO[Si](c2ccccc2)(c2ccccc2)C(C)(C)C)c1. The molecular weight excluding hydrogens is 659 g/mol. The van der Waals surface area contributed by atoms with Gasteiger partial charge in [-0.2, -0.15) is 10.2 Å². The van der Waals surface area contributed by atoms with Gasteiger partial charge in [-0.3, -0.25) is 14.2 Å². The Bertz CT molecular complexity index is 2070. The zero-order valence-corrected chi connectivity index (χ0v) is 32.8. The molecule has 8 heteroatoms. The fourth-order valence-corrected chi connectivity index (χ4v) is 11.8. The van der Waals surface area contributed by atoms with Crippen LogP contribution in [0.25, 0.3) is 10.9 Å². The van der Waals surface area contributed by atoms with Crippen LogP contribution < -0.4 is 15.7 Å². The minimum Gasteiger partial charge on any atom is -0.407 e. The summed E-state index contributed by atoms with van der Waals surface area (Å²) in [6, 6.07) is 38.3. The number of hydrogen-bond acceptors (Lipinski definition) is 5. The van der Waals surface area contributed by atoms with Crippen molar-refractivity contribution in [3.05, 3.63) is 132 Å². The Morgan fingerprint density at radius 1 is 0.827 bits per heavy atom. The van der Waals surface area contributed by atoms with Gasteiger partial charge in [-0.25, -0.2) is 0 Å². The highest BCUT2D eigenvalue weighted by molar-refractivity contribution is 6.99. The average molecular weight is 712 g/mol. The van der Waals surface area contributed by atoms with E-state index in [9.17, 15) is 4.79 Å². The summed E-state index contributed by atoms with van der Waals surface area (Å²) in [5.41, 5.74) is 6.14. The summed E-state index contributed by atoms with van der Waals surface area (Å²) in [5, 5.41) is 16.6. The van der Waals surface area contributed by atoms with Crippen molar-refractivity contribution in [1.29, 1.82) is 0 Å². The van der Waals surface area contributed by atoms with E-state index in [4.69, 9.17) is 9.52 Å². The van der Waals surface area contributed by atoms with Gasteiger partial charge in [0.05, 0.1) is 17.4 Å². The van der Waals surface area contributed by atoms with Crippen LogP contribution in [0.1, 0.15) is 71.3 Å². The topological polar surface area (TPSA) is 74.0 Å². The largest absolute Gasteiger partial charge is 0.407 e. The Labute approximate surface area is 310 Å². The summed E-state index contributed by atoms with van der Waals surface area (Å²) in [7, 11) is -0.652. The second-order valence-corrected chi connectivity index (χ2v) is 20.2. The monoisotopic (exact) mass is 711 g/mol. The van der Waals surface area contributed by atoms with Gasteiger partial charge in [-0.15, -0.1) is 0 Å². The molecule has 0 aliphatic carbocycles. The standard InChI is InChI=1S/C44H53N5O2Si/c1-43(2,3)42-31-36(48(7)47-42)30-37(50)25-23-33-17-14-15-22-40(33)46-35-24-26-41-34(29-35)32-45-49(41)27-16-28-51-52(44(4,5)6,38-18-10-8-11-19-38)39-20-12-9-13-21-39/h8-15,17-22,24,26,29,31-32,46H,16,23,25,27-28,30H2,1-7H3. The number of para-hydroxylation sites is 1. The van der Waals surface area contributed by atoms with Crippen LogP contribution in [0.15, 0.2) is 115 Å². The van der Waals surface area contributed by atoms with Crippen LogP contribution in [0.2, 0.25) is 5.04 Å². The number of nitrogens with one attached hydrogen (secondary N) is 1. The molecule has 52 heavy (non-hydrogen) atoms. The molecular formula is C44H53N5O2Si. The molecule has 6 aromatic rings. The summed E-state index contributed by atoms with van der Waals surface area (Å²) in [6.45, 7) is 14.8. The van der Waals surface area contributed by atoms with E-state index in [2.05, 4.69) is 154 Å². The van der Waals surface area contributed by atoms with Gasteiger partial charge < -0.3 is 9.74 Å². The molecule has 0 bridgehead atoms. The maximum absolute atomic E-state index is 13.1. The van der Waals surface area contributed by atoms with Gasteiger partial charge in [-0.1, -0.05) is 120 Å². The summed E-state index contributed by atoms with van der Waals surface area (Å²) in [4.78, 5) is 13.1. The molecule has 1 N–H and O–H groups in total. The van der Waals surface area contributed by atoms with E-state index in [1.165, 1.54) is 10.4 Å². The number of anilines is 2. The van der Waals surface area contributed by atoms with Crippen LogP contribution in [-0.2, 0) is 41.1 Å². The molecule has 2 aromatic heterocycles. The van der Waals surface area contributed by atoms with Crippen molar-refractivity contribution >= 4 is 46.8 Å². The van der Waals surface area contributed by atoms with E-state index in [1.807, 2.05) is 30.1 Å². The number of ketones is 1. The van der Waals surface area contributed by atoms with Crippen LogP contribution >= 0.6 is 0 Å². The van der Waals surface area contributed by atoms with Gasteiger partial charge in [0.25, 0.3) is 8.32 Å². The summed E-state index contributed by atoms with van der Waals surface area (Å²) < 4.78 is 11.0. The number of aromatic nitrogens is 4. The van der Waals surface area contributed by atoms with E-state index in [0.29, 0.717) is 25.9 Å². The van der Waals surface area contributed by atoms with Crippen LogP contribution in [0.4, 0.5) is 11.4 Å². The molecule has 0 atom stereocenters. The zero-order chi connectivity index (χ0) is 36.9. The molecule has 0 aliphatic rings. The van der Waals surface area contributed by atoms with Gasteiger partial charge >= 0.3 is 0 Å². The molecule has 7 nitrogen and oxygen atoms in total. The number of Topliss-reactive ketones (excluding diaryl/α,β-unsaturated/α-hetero) is 1. The lowest BCUT2D eigenvalue weighted by molar-refractivity contribution is -0.118. The molecule has 0 spiro atoms. The van der Waals surface area contributed by atoms with Crippen molar-refractivity contribution in [2.75, 3.05) is 11.9 Å². The van der Waals surface area contributed by atoms with Crippen LogP contribution in [0.5, 0.6) is 0 Å². The van der Waals surface area contributed by atoms with Crippen molar-refractivity contribution in [3.63, 3.8) is 0 Å². The van der Waals surface area contributed by atoms with E-state index in [0.717, 1.165) is 52.2 Å². The molecule has 0 fully saturated rings. The molecule has 0 saturated carbocycles. The number of hydrogen-bond donors (Lipinski definition) is 1. The lowest BCUT2D eigenvalue weighted by Gasteiger charge is -2.43. The van der Waals surface area contributed by atoms with E-state index in [1.54, 1.807) is 0 Å². The Morgan fingerprint density at radius 2 is 1.48 bits per heavy atom. The molecule has 4 aromatic carbocycles. The number of nitrogens with zero attached hydrogens (tertiary/aromatic N) is 4. The predicted molar refractivity (Wildman–Crippen MR) is 217 cm³/mol. The predicted octanol–water partition coefficient (Wildman–Crippen LogP) is 8.52. The molecule has 2 heterocycles. The molecule has 0 saturated heterocycles. The highest BCUT2D eigenvalue weighted by atomic mass is 28.4. The summed E-state index contributed by atoms with van der Waals surface area (Å²) >= 11 is 0. The number of benzene rings is 4. The second kappa shape index (κ2) is 15.4. The Morgan fingerprint density at radius 3 is 2.12 bits per heavy atom. The summed E-state index contributed by atoms with van der Waals surface area (Å²) in [5.74, 6) is 0.212. The fourth-order valence-electron chi connectivity index (χ4n) is 7.16. The van der Waals surface area contributed by atoms with Crippen molar-refractivity contribution < 1.29 is 9.22 Å². The van der Waals surface area contributed by atoms with Gasteiger partial charge in [0.15, 0.2) is 0 Å². The van der Waals surface area contributed by atoms with Crippen LogP contribution in [-0.4, -0.2) is 40.3 Å². The van der Waals surface area contributed by atoms with Crippen molar-refractivity contribution in [2.45, 2.75) is 84.2 Å². The first-order valence-corrected chi connectivity index (χ1v) is 20.4. The number of carbonyl (C=O) groups is 1. The fraction of sp³-hybridized carbons (Fsp3) is 0.341. The quantitative estimate of drug-likeness (QED) is 0.0906. The zero-order valence-electron chi connectivity index (χ0n) is 31.8. The van der Waals surface area contributed by atoms with E-state index < -0.39 is 8.32 Å². The lowest BCUT2D eigenvalue weighted by atomic mass is 9.92. The molecule has 0 aliphatic heterocycles. The normalized spacial score (nSPS) is 12.4. The smallest absolute Gasteiger partial charge is 0.261 e. The van der Waals surface area contributed by atoms with Gasteiger partial charge in [0.2, 0.25) is 0 Å². The lowest BCUT2D eigenvalue weighted by Crippen LogP contribution is -2.66. The van der Waals surface area contributed by atoms with Crippen LogP contribution in [0, 0.1) is 0 Å². The van der Waals surface area contributed by atoms with Gasteiger partial charge in [0, 0.05) is 60.9 Å². The molecule has 0 unspecified atom stereocenters. The van der Waals surface area contributed by atoms with Crippen molar-refractivity contribution in [2.24, 2.45) is 7.05 Å². The first kappa shape index (κ1) is 37.0. The number of carbonyl (C=O) groups excluding carboxylic acids is 1. The van der Waals surface area contributed by atoms with E-state index in [-0.39, 0.29) is 16.2 Å². The highest BCUT2D eigenvalue weighted by Crippen LogP contribution is 2.37. The number of rotatable bonds is 14. The second-order valence-electron chi connectivity index (χ2n) is 15.9. The minimum absolute atomic E-state index is 0.0487. The summed E-state index contributed by atoms with van der Waals surface area (Å²) in [6.07, 6.45) is 4.33. The molecule has 0 amide bonds. The third-order valence-electron chi connectivity index (χ3n) is 9.98.